The molecule has 0 aliphatic heterocycles. The summed E-state index contributed by atoms with van der Waals surface area (Å²) in [4.78, 5) is 104. The van der Waals surface area contributed by atoms with E-state index in [4.69, 9.17) is 75.9 Å². The Morgan fingerprint density at radius 3 is 0.522 bits per heavy atom. The first-order valence-electron chi connectivity index (χ1n) is 10.8. The molecule has 0 aliphatic rings. The SMILES string of the molecule is NCCCC(O)(P(=O)(O)O)P(=O)(O)O.NCCCC(O)(P(=O)(O)O)P(=O)(O)O.NCCCC(O)(P(=O)(O)O)P(=O)(O)O.[CaH2].[CaH2].[CaH2].[CaH2]. The predicted octanol–water partition coefficient (Wildman–Crippen LogP) is -7.48. The van der Waals surface area contributed by atoms with Gasteiger partial charge in [-0.15, -0.1) is 0 Å². The Bertz CT molecular complexity index is 930. The van der Waals surface area contributed by atoms with Gasteiger partial charge in [-0.2, -0.15) is 0 Å². The molecule has 0 fully saturated rings. The van der Waals surface area contributed by atoms with E-state index in [0.29, 0.717) is 0 Å². The van der Waals surface area contributed by atoms with E-state index in [1.165, 1.54) is 0 Å². The van der Waals surface area contributed by atoms with Gasteiger partial charge in [-0.25, -0.2) is 0 Å². The molecule has 21 N–H and O–H groups in total. The third-order valence-corrected chi connectivity index (χ3v) is 16.6. The molecule has 0 aromatic heterocycles. The van der Waals surface area contributed by atoms with Crippen molar-refractivity contribution in [3.8, 4) is 0 Å². The maximum absolute atomic E-state index is 10.7. The summed E-state index contributed by atoms with van der Waals surface area (Å²) in [7, 11) is -31.8. The van der Waals surface area contributed by atoms with Crippen LogP contribution in [0.2, 0.25) is 0 Å². The van der Waals surface area contributed by atoms with E-state index < -0.39 is 80.1 Å². The van der Waals surface area contributed by atoms with Gasteiger partial charge >= 0.3 is 197 Å². The van der Waals surface area contributed by atoms with Crippen LogP contribution < -0.4 is 17.2 Å². The van der Waals surface area contributed by atoms with Crippen molar-refractivity contribution in [2.75, 3.05) is 19.6 Å². The summed E-state index contributed by atoms with van der Waals surface area (Å²) in [5.74, 6) is 0. The van der Waals surface area contributed by atoms with Gasteiger partial charge in [-0.1, -0.05) is 0 Å². The van der Waals surface area contributed by atoms with Crippen LogP contribution >= 0.6 is 45.6 Å². The monoisotopic (exact) mass is 915 g/mol. The number of hydrogen-bond acceptors (Lipinski definition) is 12. The fourth-order valence-electron chi connectivity index (χ4n) is 2.40. The van der Waals surface area contributed by atoms with Gasteiger partial charge in [0.1, 0.15) is 0 Å². The predicted molar refractivity (Wildman–Crippen MR) is 176 cm³/mol. The Morgan fingerprint density at radius 1 is 0.348 bits per heavy atom. The van der Waals surface area contributed by atoms with Crippen LogP contribution in [0.25, 0.3) is 0 Å². The molecule has 0 saturated heterocycles. The Hall–Kier alpha value is 5.70. The van der Waals surface area contributed by atoms with Crippen molar-refractivity contribution < 1.29 is 101 Å². The summed E-state index contributed by atoms with van der Waals surface area (Å²) in [5.41, 5.74) is 15.0. The Morgan fingerprint density at radius 2 is 0.457 bits per heavy atom. The Balaban J connectivity index is -0.0000000951. The zero-order chi connectivity index (χ0) is 34.9. The van der Waals surface area contributed by atoms with Gasteiger partial charge < -0.3 is 91.2 Å². The molecule has 0 radical (unpaired) electrons. The van der Waals surface area contributed by atoms with Crippen LogP contribution in [0.4, 0.5) is 0 Å². The first-order chi connectivity index (χ1) is 18.2. The minimum absolute atomic E-state index is 0. The molecular formula is C12H47Ca4N3O21P6. The molecule has 0 unspecified atom stereocenters. The molecule has 0 aliphatic carbocycles. The van der Waals surface area contributed by atoms with Crippen molar-refractivity contribution in [3.05, 3.63) is 0 Å². The number of rotatable bonds is 15. The average Bonchev–Trinajstić information content (AvgIpc) is 2.75. The van der Waals surface area contributed by atoms with E-state index in [1.807, 2.05) is 0 Å². The molecule has 0 spiro atoms. The van der Waals surface area contributed by atoms with Gasteiger partial charge in [0.25, 0.3) is 15.2 Å². The molecule has 274 valence electrons. The van der Waals surface area contributed by atoms with Crippen molar-refractivity contribution >= 4 is 197 Å². The fraction of sp³-hybridized carbons (Fsp3) is 1.00. The van der Waals surface area contributed by atoms with E-state index in [2.05, 4.69) is 0 Å². The van der Waals surface area contributed by atoms with Crippen LogP contribution in [0.5, 0.6) is 0 Å². The third-order valence-electron chi connectivity index (χ3n) is 4.95. The maximum atomic E-state index is 10.7. The van der Waals surface area contributed by atoms with Crippen LogP contribution in [-0.4, -0.2) is 260 Å². The van der Waals surface area contributed by atoms with Gasteiger partial charge in [-0.05, 0) is 38.9 Å². The second kappa shape index (κ2) is 26.5. The number of nitrogens with two attached hydrogens (primary N) is 3. The Labute approximate surface area is 382 Å². The van der Waals surface area contributed by atoms with Crippen molar-refractivity contribution in [2.45, 2.75) is 53.8 Å². The molecule has 0 atom stereocenters. The first-order valence-corrected chi connectivity index (χ1v) is 20.5. The molecule has 0 heterocycles. The van der Waals surface area contributed by atoms with Gasteiger partial charge in [0, 0.05) is 19.3 Å². The summed E-state index contributed by atoms with van der Waals surface area (Å²) in [6.07, 6.45) is -2.57. The summed E-state index contributed by atoms with van der Waals surface area (Å²) in [6, 6.07) is 0. The minimum atomic E-state index is -5.30. The van der Waals surface area contributed by atoms with Crippen LogP contribution in [0.3, 0.4) is 0 Å². The van der Waals surface area contributed by atoms with Crippen LogP contribution in [0.15, 0.2) is 0 Å². The summed E-state index contributed by atoms with van der Waals surface area (Å²) >= 11 is 0. The van der Waals surface area contributed by atoms with E-state index in [9.17, 15) is 42.7 Å². The van der Waals surface area contributed by atoms with Gasteiger partial charge in [0.2, 0.25) is 0 Å². The second-order valence-corrected chi connectivity index (χ2v) is 20.3. The molecule has 0 bridgehead atoms. The fourth-order valence-corrected chi connectivity index (χ4v) is 9.17. The number of hydrogen-bond donors (Lipinski definition) is 18. The average molecular weight is 916 g/mol. The molecule has 0 rings (SSSR count). The van der Waals surface area contributed by atoms with E-state index in [1.54, 1.807) is 0 Å². The van der Waals surface area contributed by atoms with E-state index in [-0.39, 0.29) is 190 Å². The first kappa shape index (κ1) is 66.5. The second-order valence-electron chi connectivity index (χ2n) is 8.26. The van der Waals surface area contributed by atoms with Gasteiger partial charge in [-0.3, -0.25) is 27.4 Å². The quantitative estimate of drug-likeness (QED) is 0.0536. The molecule has 0 amide bonds. The zero-order valence-corrected chi connectivity index (χ0v) is 26.8. The normalized spacial score (nSPS) is 13.2. The number of aliphatic hydroxyl groups is 3. The van der Waals surface area contributed by atoms with E-state index >= 15 is 0 Å². The van der Waals surface area contributed by atoms with E-state index in [0.717, 1.165) is 0 Å². The summed E-state index contributed by atoms with van der Waals surface area (Å²) < 4.78 is 64.3. The van der Waals surface area contributed by atoms with Gasteiger partial charge in [0.15, 0.2) is 0 Å². The van der Waals surface area contributed by atoms with Crippen LogP contribution in [0, 0.1) is 0 Å². The molecular weight excluding hydrogens is 868 g/mol. The topological polar surface area (TPSA) is 484 Å². The zero-order valence-electron chi connectivity index (χ0n) is 21.4. The molecule has 0 aromatic carbocycles. The van der Waals surface area contributed by atoms with Crippen molar-refractivity contribution in [3.63, 3.8) is 0 Å². The Kier molecular flexibility index (Phi) is 38.4. The van der Waals surface area contributed by atoms with Crippen LogP contribution in [-0.2, 0) is 27.4 Å². The molecule has 0 aromatic rings. The molecule has 0 saturated carbocycles. The van der Waals surface area contributed by atoms with Crippen molar-refractivity contribution in [1.29, 1.82) is 0 Å². The van der Waals surface area contributed by atoms with Crippen LogP contribution in [0.1, 0.15) is 38.5 Å². The molecule has 46 heavy (non-hydrogen) atoms. The third kappa shape index (κ3) is 21.1. The molecule has 24 nitrogen and oxygen atoms in total. The van der Waals surface area contributed by atoms with Crippen molar-refractivity contribution in [1.82, 2.24) is 0 Å². The summed E-state index contributed by atoms with van der Waals surface area (Å²) in [5, 5.41) is 17.7. The summed E-state index contributed by atoms with van der Waals surface area (Å²) in [6.45, 7) is -0.118. The molecule has 34 heteroatoms. The standard InChI is InChI=1S/3C4H13NO7P2.4Ca.8H/c3*5-3-1-2-4(6,13(7,8)9)14(10,11)12;;;;;;;;;;;;/h3*6H,1-3,5H2,(H2,7,8,9)(H2,10,11,12);;;;;;;;;;;;. The van der Waals surface area contributed by atoms with Crippen molar-refractivity contribution in [2.24, 2.45) is 17.2 Å². The van der Waals surface area contributed by atoms with Gasteiger partial charge in [0.05, 0.1) is 0 Å².